The minimum absolute atomic E-state index is 0.0834. The Morgan fingerprint density at radius 1 is 1.07 bits per heavy atom. The summed E-state index contributed by atoms with van der Waals surface area (Å²) < 4.78 is 9.69. The van der Waals surface area contributed by atoms with Gasteiger partial charge in [-0.25, -0.2) is 4.79 Å². The number of rotatable bonds is 7. The van der Waals surface area contributed by atoms with Crippen LogP contribution in [0.1, 0.15) is 6.92 Å². The van der Waals surface area contributed by atoms with E-state index in [1.165, 1.54) is 9.91 Å². The molecule has 0 N–H and O–H groups in total. The van der Waals surface area contributed by atoms with Crippen LogP contribution in [-0.2, 0) is 4.74 Å². The van der Waals surface area contributed by atoms with Crippen molar-refractivity contribution in [2.75, 3.05) is 39.9 Å². The van der Waals surface area contributed by atoms with E-state index in [1.807, 2.05) is 0 Å². The predicted octanol–water partition coefficient (Wildman–Crippen LogP) is 1.46. The Hall–Kier alpha value is -3.91. The first-order valence-electron chi connectivity index (χ1n) is 8.31. The zero-order chi connectivity index (χ0) is 21.6. The summed E-state index contributed by atoms with van der Waals surface area (Å²) in [5.41, 5.74) is -1.40. The summed E-state index contributed by atoms with van der Waals surface area (Å²) in [5, 5.41) is 38.7. The summed E-state index contributed by atoms with van der Waals surface area (Å²) >= 11 is 0. The van der Waals surface area contributed by atoms with Gasteiger partial charge in [-0.15, -0.1) is 5.01 Å². The van der Waals surface area contributed by atoms with Crippen LogP contribution >= 0.6 is 0 Å². The van der Waals surface area contributed by atoms with Crippen molar-refractivity contribution in [2.45, 2.75) is 6.92 Å². The van der Waals surface area contributed by atoms with Crippen LogP contribution in [0.4, 0.5) is 16.2 Å². The van der Waals surface area contributed by atoms with Crippen molar-refractivity contribution in [1.29, 1.82) is 0 Å². The van der Waals surface area contributed by atoms with Crippen LogP contribution in [0.5, 0.6) is 11.5 Å². The Bertz CT molecular complexity index is 822. The molecule has 0 spiro atoms. The van der Waals surface area contributed by atoms with Gasteiger partial charge >= 0.3 is 17.5 Å². The summed E-state index contributed by atoms with van der Waals surface area (Å²) in [7, 11) is 1.14. The zero-order valence-corrected chi connectivity index (χ0v) is 15.5. The van der Waals surface area contributed by atoms with Gasteiger partial charge in [0.2, 0.25) is 16.8 Å². The van der Waals surface area contributed by atoms with Gasteiger partial charge in [-0.2, -0.15) is 0 Å². The first-order valence-corrected chi connectivity index (χ1v) is 8.31. The van der Waals surface area contributed by atoms with E-state index in [0.717, 1.165) is 13.2 Å². The van der Waals surface area contributed by atoms with Gasteiger partial charge in [-0.1, -0.05) is 0 Å². The van der Waals surface area contributed by atoms with Crippen molar-refractivity contribution >= 4 is 17.5 Å². The minimum Gasteiger partial charge on any atom is -0.569 e. The lowest BCUT2D eigenvalue weighted by atomic mass is 10.2. The average molecular weight is 414 g/mol. The van der Waals surface area contributed by atoms with Crippen LogP contribution in [0, 0.1) is 25.4 Å². The Labute approximate surface area is 163 Å². The molecule has 2 rings (SSSR count). The molecule has 0 aliphatic carbocycles. The minimum atomic E-state index is -0.912. The van der Waals surface area contributed by atoms with Gasteiger partial charge in [0.05, 0.1) is 41.6 Å². The van der Waals surface area contributed by atoms with Crippen molar-refractivity contribution in [3.63, 3.8) is 0 Å². The monoisotopic (exact) mass is 414 g/mol. The smallest absolute Gasteiger partial charge is 0.409 e. The number of hydrogen-bond acceptors (Lipinski definition) is 10. The second kappa shape index (κ2) is 9.34. The molecule has 29 heavy (non-hydrogen) atoms. The fourth-order valence-corrected chi connectivity index (χ4v) is 2.46. The summed E-state index contributed by atoms with van der Waals surface area (Å²) in [4.78, 5) is 38.4. The molecular formula is C14H18N6O9. The van der Waals surface area contributed by atoms with Crippen LogP contribution < -0.4 is 9.57 Å². The van der Waals surface area contributed by atoms with E-state index in [9.17, 15) is 30.2 Å². The Morgan fingerprint density at radius 3 is 2.17 bits per heavy atom. The van der Waals surface area contributed by atoms with Crippen LogP contribution in [0.15, 0.2) is 17.4 Å². The summed E-state index contributed by atoms with van der Waals surface area (Å²) in [6.45, 7) is 2.57. The fraction of sp³-hybridized carbons (Fsp3) is 0.500. The van der Waals surface area contributed by atoms with Gasteiger partial charge in [0.25, 0.3) is 0 Å². The summed E-state index contributed by atoms with van der Waals surface area (Å²) in [6, 6.07) is 1.54. The maximum Gasteiger partial charge on any atom is 0.409 e. The molecule has 15 heteroatoms. The largest absolute Gasteiger partial charge is 0.569 e. The van der Waals surface area contributed by atoms with Crippen LogP contribution in [0.3, 0.4) is 0 Å². The third-order valence-corrected chi connectivity index (χ3v) is 3.89. The molecule has 1 saturated heterocycles. The molecule has 0 atom stereocenters. The number of nitrogens with zero attached hydrogens (tertiary/aromatic N) is 6. The highest BCUT2D eigenvalue weighted by molar-refractivity contribution is 5.67. The lowest BCUT2D eigenvalue weighted by Gasteiger charge is -2.30. The molecule has 1 aromatic rings. The van der Waals surface area contributed by atoms with E-state index in [4.69, 9.17) is 14.3 Å². The molecular weight excluding hydrogens is 396 g/mol. The first-order chi connectivity index (χ1) is 13.8. The topological polar surface area (TPSA) is 176 Å². The standard InChI is InChI=1S/C14H18N6O9/c1-3-28-14(21)16-4-6-17(7-5-16)20(26)15-29-13-9-12(27-2)10(18(22)23)8-11(13)19(24)25/h8-9H,3-7H2,1-2H3/b20-15-. The van der Waals surface area contributed by atoms with Gasteiger partial charge in [-0.3, -0.25) is 25.1 Å². The molecule has 0 unspecified atom stereocenters. The molecule has 1 heterocycles. The highest BCUT2D eigenvalue weighted by Crippen LogP contribution is 2.39. The molecule has 1 fully saturated rings. The number of carbonyl (C=O) groups excluding carboxylic acids is 1. The van der Waals surface area contributed by atoms with Gasteiger partial charge in [0.15, 0.2) is 0 Å². The van der Waals surface area contributed by atoms with E-state index in [-0.39, 0.29) is 43.5 Å². The van der Waals surface area contributed by atoms with Crippen molar-refractivity contribution in [3.05, 3.63) is 37.6 Å². The lowest BCUT2D eigenvalue weighted by molar-refractivity contribution is -0.708. The zero-order valence-electron chi connectivity index (χ0n) is 15.5. The number of amides is 1. The molecule has 1 aromatic carbocycles. The van der Waals surface area contributed by atoms with E-state index in [1.54, 1.807) is 6.92 Å². The Balaban J connectivity index is 2.13. The average Bonchev–Trinajstić information content (AvgIpc) is 2.71. The lowest BCUT2D eigenvalue weighted by Crippen LogP contribution is -2.50. The number of hydrogen-bond donors (Lipinski definition) is 0. The predicted molar refractivity (Wildman–Crippen MR) is 93.2 cm³/mol. The molecule has 0 radical (unpaired) electrons. The van der Waals surface area contributed by atoms with Gasteiger partial charge < -0.3 is 19.6 Å². The van der Waals surface area contributed by atoms with Gasteiger partial charge in [-0.05, 0) is 6.92 Å². The highest BCUT2D eigenvalue weighted by Gasteiger charge is 2.29. The highest BCUT2D eigenvalue weighted by atomic mass is 16.7. The second-order valence-electron chi connectivity index (χ2n) is 5.57. The van der Waals surface area contributed by atoms with Gasteiger partial charge in [0, 0.05) is 19.2 Å². The van der Waals surface area contributed by atoms with Crippen molar-refractivity contribution in [3.8, 4) is 11.5 Å². The SMILES string of the molecule is CCOC(=O)N1CCN(/[N+]([O-])=N/Oc2cc(OC)c([N+](=O)[O-])cc2[N+](=O)[O-])CC1. The number of methoxy groups -OCH3 is 1. The van der Waals surface area contributed by atoms with Crippen LogP contribution in [0.25, 0.3) is 0 Å². The number of hydrazine groups is 1. The third-order valence-electron chi connectivity index (χ3n) is 3.89. The quantitative estimate of drug-likeness (QED) is 0.275. The summed E-state index contributed by atoms with van der Waals surface area (Å²) in [5.74, 6) is -0.810. The number of nitro benzene ring substituents is 2. The molecule has 1 aliphatic rings. The van der Waals surface area contributed by atoms with Crippen LogP contribution in [-0.4, -0.2) is 70.7 Å². The van der Waals surface area contributed by atoms with Crippen molar-refractivity contribution in [1.82, 2.24) is 9.91 Å². The molecule has 1 amide bonds. The third kappa shape index (κ3) is 5.08. The number of piperazine rings is 1. The maximum absolute atomic E-state index is 12.1. The number of ether oxygens (including phenoxy) is 2. The second-order valence-corrected chi connectivity index (χ2v) is 5.57. The van der Waals surface area contributed by atoms with E-state index in [0.29, 0.717) is 6.07 Å². The summed E-state index contributed by atoms with van der Waals surface area (Å²) in [6.07, 6.45) is -0.494. The number of carbonyl (C=O) groups is 1. The molecule has 0 bridgehead atoms. The van der Waals surface area contributed by atoms with E-state index >= 15 is 0 Å². The maximum atomic E-state index is 12.1. The normalized spacial score (nSPS) is 14.3. The van der Waals surface area contributed by atoms with Crippen molar-refractivity contribution in [2.24, 2.45) is 5.28 Å². The molecule has 0 saturated carbocycles. The van der Waals surface area contributed by atoms with Crippen molar-refractivity contribution < 1.29 is 33.9 Å². The number of nitro groups is 2. The van der Waals surface area contributed by atoms with E-state index < -0.39 is 33.1 Å². The van der Waals surface area contributed by atoms with Crippen LogP contribution in [0.2, 0.25) is 0 Å². The first kappa shape index (κ1) is 21.4. The Kier molecular flexibility index (Phi) is 6.89. The molecule has 158 valence electrons. The van der Waals surface area contributed by atoms with E-state index in [2.05, 4.69) is 5.28 Å². The Morgan fingerprint density at radius 2 is 1.66 bits per heavy atom. The molecule has 0 aromatic heterocycles. The molecule has 1 aliphatic heterocycles. The van der Waals surface area contributed by atoms with Gasteiger partial charge in [0.1, 0.15) is 6.07 Å². The molecule has 15 nitrogen and oxygen atoms in total. The number of benzene rings is 1. The fourth-order valence-electron chi connectivity index (χ4n) is 2.46.